The minimum absolute atomic E-state index is 0.0377. The Balaban J connectivity index is 1.34. The number of methoxy groups -OCH3 is 1. The molecule has 1 atom stereocenters. The van der Waals surface area contributed by atoms with Gasteiger partial charge in [0.05, 0.1) is 31.9 Å². The lowest BCUT2D eigenvalue weighted by Gasteiger charge is -2.37. The van der Waals surface area contributed by atoms with Gasteiger partial charge in [0.2, 0.25) is 5.91 Å². The fraction of sp³-hybridized carbons (Fsp3) is 0.469. The maximum atomic E-state index is 14.2. The van der Waals surface area contributed by atoms with Gasteiger partial charge >= 0.3 is 12.1 Å². The number of carbonyl (C=O) groups excluding carboxylic acids is 2. The summed E-state index contributed by atoms with van der Waals surface area (Å²) in [5.74, 6) is -0.939. The normalized spacial score (nSPS) is 17.5. The molecule has 1 aromatic heterocycles. The molecule has 0 bridgehead atoms. The van der Waals surface area contributed by atoms with E-state index >= 15 is 0 Å². The number of carbonyl (C=O) groups is 2. The first-order valence-corrected chi connectivity index (χ1v) is 15.5. The number of hydrogen-bond donors (Lipinski definition) is 0. The molecule has 2 aliphatic rings. The number of nitrogens with zero attached hydrogens (tertiary/aromatic N) is 5. The molecule has 9 nitrogen and oxygen atoms in total. The summed E-state index contributed by atoms with van der Waals surface area (Å²) in [6.07, 6.45) is -2.35. The number of hydrogen-bond acceptors (Lipinski definition) is 7. The van der Waals surface area contributed by atoms with Crippen molar-refractivity contribution in [2.45, 2.75) is 38.4 Å². The van der Waals surface area contributed by atoms with Crippen LogP contribution in [0, 0.1) is 0 Å². The average Bonchev–Trinajstić information content (AvgIpc) is 3.51. The third-order valence-corrected chi connectivity index (χ3v) is 8.53. The highest BCUT2D eigenvalue weighted by Gasteiger charge is 2.42. The number of benzene rings is 2. The molecule has 242 valence electrons. The zero-order valence-corrected chi connectivity index (χ0v) is 26.1. The van der Waals surface area contributed by atoms with Crippen molar-refractivity contribution >= 4 is 34.9 Å². The molecule has 2 aromatic carbocycles. The van der Waals surface area contributed by atoms with E-state index in [0.29, 0.717) is 50.5 Å². The summed E-state index contributed by atoms with van der Waals surface area (Å²) in [6.45, 7) is 5.55. The van der Waals surface area contributed by atoms with Crippen LogP contribution in [0.5, 0.6) is 0 Å². The Morgan fingerprint density at radius 2 is 1.76 bits per heavy atom. The predicted octanol–water partition coefficient (Wildman–Crippen LogP) is 5.93. The molecular weight excluding hydrogens is 611 g/mol. The van der Waals surface area contributed by atoms with Gasteiger partial charge in [-0.25, -0.2) is 4.79 Å². The highest BCUT2D eigenvalue weighted by Crippen LogP contribution is 2.39. The predicted molar refractivity (Wildman–Crippen MR) is 166 cm³/mol. The maximum absolute atomic E-state index is 14.2. The van der Waals surface area contributed by atoms with E-state index in [0.717, 1.165) is 46.5 Å². The maximum Gasteiger partial charge on any atom is 0.433 e. The number of piperazine rings is 1. The Hall–Kier alpha value is -3.77. The Morgan fingerprint density at radius 1 is 1.02 bits per heavy atom. The van der Waals surface area contributed by atoms with Crippen molar-refractivity contribution in [2.24, 2.45) is 0 Å². The number of alkyl halides is 3. The van der Waals surface area contributed by atoms with Gasteiger partial charge in [-0.15, -0.1) is 0 Å². The summed E-state index contributed by atoms with van der Waals surface area (Å²) in [5, 5.41) is 4.55. The summed E-state index contributed by atoms with van der Waals surface area (Å²) < 4.78 is 53.4. The Morgan fingerprint density at radius 3 is 2.42 bits per heavy atom. The molecule has 2 aliphatic heterocycles. The number of rotatable bonds is 9. The quantitative estimate of drug-likeness (QED) is 0.267. The number of piperidine rings is 1. The number of esters is 1. The largest absolute Gasteiger partial charge is 0.462 e. The lowest BCUT2D eigenvalue weighted by Crippen LogP contribution is -2.49. The number of ether oxygens (including phenoxy) is 2. The zero-order chi connectivity index (χ0) is 32.1. The summed E-state index contributed by atoms with van der Waals surface area (Å²) in [7, 11) is 1.59. The molecule has 13 heteroatoms. The molecule has 0 spiro atoms. The van der Waals surface area contributed by atoms with E-state index in [1.54, 1.807) is 20.1 Å². The fourth-order valence-corrected chi connectivity index (χ4v) is 6.24. The lowest BCUT2D eigenvalue weighted by molar-refractivity contribution is -0.145. The van der Waals surface area contributed by atoms with Gasteiger partial charge in [0.15, 0.2) is 5.69 Å². The highest BCUT2D eigenvalue weighted by molar-refractivity contribution is 6.31. The standard InChI is InChI=1S/C32H37ClF3N5O4/c1-3-45-31(43)27-20-37-41(30(27)32(34,35)36)25-5-4-13-40(21-25)28-19-23(33)8-11-26(28)22-6-9-24(10-7-22)38-14-16-39(17-15-38)29(42)12-18-44-2/h6-11,19-20,25H,3-5,12-18,21H2,1-2H3. The van der Waals surface area contributed by atoms with E-state index in [9.17, 15) is 22.8 Å². The van der Waals surface area contributed by atoms with Crippen molar-refractivity contribution in [1.29, 1.82) is 0 Å². The van der Waals surface area contributed by atoms with Crippen LogP contribution in [-0.2, 0) is 20.4 Å². The smallest absolute Gasteiger partial charge is 0.433 e. The van der Waals surface area contributed by atoms with Crippen molar-refractivity contribution in [2.75, 3.05) is 69.4 Å². The zero-order valence-electron chi connectivity index (χ0n) is 25.4. The van der Waals surface area contributed by atoms with Crippen LogP contribution in [0.15, 0.2) is 48.7 Å². The third-order valence-electron chi connectivity index (χ3n) is 8.30. The van der Waals surface area contributed by atoms with Crippen molar-refractivity contribution in [3.05, 3.63) is 64.9 Å². The second-order valence-corrected chi connectivity index (χ2v) is 11.6. The van der Waals surface area contributed by atoms with E-state index in [2.05, 4.69) is 10.00 Å². The Kier molecular flexibility index (Phi) is 10.2. The van der Waals surface area contributed by atoms with Crippen LogP contribution < -0.4 is 9.80 Å². The first-order chi connectivity index (χ1) is 21.6. The van der Waals surface area contributed by atoms with Crippen molar-refractivity contribution in [1.82, 2.24) is 14.7 Å². The molecule has 45 heavy (non-hydrogen) atoms. The fourth-order valence-electron chi connectivity index (χ4n) is 6.08. The molecule has 3 heterocycles. The molecule has 5 rings (SSSR count). The van der Waals surface area contributed by atoms with Crippen molar-refractivity contribution < 1.29 is 32.2 Å². The third kappa shape index (κ3) is 7.38. The van der Waals surface area contributed by atoms with E-state index in [4.69, 9.17) is 21.1 Å². The van der Waals surface area contributed by atoms with Gasteiger partial charge < -0.3 is 24.2 Å². The molecule has 0 radical (unpaired) electrons. The minimum atomic E-state index is -4.78. The van der Waals surface area contributed by atoms with E-state index in [1.807, 2.05) is 46.2 Å². The molecular formula is C32H37ClF3N5O4. The highest BCUT2D eigenvalue weighted by atomic mass is 35.5. The first kappa shape index (κ1) is 32.6. The molecule has 1 unspecified atom stereocenters. The minimum Gasteiger partial charge on any atom is -0.462 e. The van der Waals surface area contributed by atoms with Gasteiger partial charge in [0.1, 0.15) is 5.56 Å². The second-order valence-electron chi connectivity index (χ2n) is 11.1. The molecule has 2 saturated heterocycles. The van der Waals surface area contributed by atoms with Crippen LogP contribution in [-0.4, -0.2) is 86.1 Å². The van der Waals surface area contributed by atoms with Gasteiger partial charge in [-0.3, -0.25) is 9.48 Å². The molecule has 2 fully saturated rings. The topological polar surface area (TPSA) is 80.1 Å². The van der Waals surface area contributed by atoms with Gasteiger partial charge in [0, 0.05) is 68.3 Å². The van der Waals surface area contributed by atoms with E-state index in [-0.39, 0.29) is 19.1 Å². The van der Waals surface area contributed by atoms with Crippen LogP contribution in [0.2, 0.25) is 5.02 Å². The molecule has 3 aromatic rings. The lowest BCUT2D eigenvalue weighted by atomic mass is 9.99. The Labute approximate surface area is 265 Å². The average molecular weight is 648 g/mol. The van der Waals surface area contributed by atoms with Gasteiger partial charge in [-0.2, -0.15) is 18.3 Å². The summed E-state index contributed by atoms with van der Waals surface area (Å²) in [6, 6.07) is 13.1. The second kappa shape index (κ2) is 14.1. The first-order valence-electron chi connectivity index (χ1n) is 15.1. The number of aromatic nitrogens is 2. The molecule has 0 aliphatic carbocycles. The van der Waals surface area contributed by atoms with Crippen LogP contribution in [0.4, 0.5) is 24.5 Å². The van der Waals surface area contributed by atoms with E-state index < -0.39 is 29.4 Å². The van der Waals surface area contributed by atoms with Gasteiger partial charge in [-0.05, 0) is 49.6 Å². The van der Waals surface area contributed by atoms with Crippen LogP contribution in [0.3, 0.4) is 0 Å². The van der Waals surface area contributed by atoms with Crippen LogP contribution in [0.1, 0.15) is 48.3 Å². The number of anilines is 2. The number of amides is 1. The van der Waals surface area contributed by atoms with Gasteiger partial charge in [-0.1, -0.05) is 29.8 Å². The SMILES string of the molecule is CCOC(=O)c1cnn(C2CCCN(c3cc(Cl)ccc3-c3ccc(N4CCN(C(=O)CCOC)CC4)cc3)C2)c1C(F)(F)F. The Bertz CT molecular complexity index is 1490. The van der Waals surface area contributed by atoms with Crippen LogP contribution >= 0.6 is 11.6 Å². The monoisotopic (exact) mass is 647 g/mol. The molecule has 0 N–H and O–H groups in total. The van der Waals surface area contributed by atoms with Crippen molar-refractivity contribution in [3.8, 4) is 11.1 Å². The number of halogens is 4. The van der Waals surface area contributed by atoms with E-state index in [1.165, 1.54) is 0 Å². The summed E-state index contributed by atoms with van der Waals surface area (Å²) in [5.41, 5.74) is 2.05. The van der Waals surface area contributed by atoms with Gasteiger partial charge in [0.25, 0.3) is 0 Å². The molecule has 1 amide bonds. The summed E-state index contributed by atoms with van der Waals surface area (Å²) >= 11 is 6.43. The van der Waals surface area contributed by atoms with Crippen molar-refractivity contribution in [3.63, 3.8) is 0 Å². The van der Waals surface area contributed by atoms with Crippen LogP contribution in [0.25, 0.3) is 11.1 Å². The molecule has 0 saturated carbocycles. The summed E-state index contributed by atoms with van der Waals surface area (Å²) in [4.78, 5) is 30.8.